The first-order valence-electron chi connectivity index (χ1n) is 5.95. The van der Waals surface area contributed by atoms with Crippen LogP contribution in [0.5, 0.6) is 0 Å². The fourth-order valence-corrected chi connectivity index (χ4v) is 1.57. The monoisotopic (exact) mass is 306 g/mol. The number of rotatable bonds is 5. The number of non-ortho nitro benzene ring substituents is 1. The van der Waals surface area contributed by atoms with Gasteiger partial charge in [0.05, 0.1) is 17.1 Å². The minimum atomic E-state index is -4.79. The fourth-order valence-electron chi connectivity index (χ4n) is 1.57. The first kappa shape index (κ1) is 16.7. The molecule has 9 heteroatoms. The second-order valence-corrected chi connectivity index (χ2v) is 4.10. The molecule has 1 rings (SSSR count). The van der Waals surface area contributed by atoms with Crippen molar-refractivity contribution in [3.05, 3.63) is 33.9 Å². The molecule has 0 saturated heterocycles. The van der Waals surface area contributed by atoms with Crippen molar-refractivity contribution in [3.8, 4) is 0 Å². The average molecular weight is 306 g/mol. The molecular formula is C12H13F3N2O4. The molecule has 0 bridgehead atoms. The van der Waals surface area contributed by atoms with Crippen LogP contribution in [0.2, 0.25) is 0 Å². The number of carbonyl (C=O) groups is 1. The Kier molecular flexibility index (Phi) is 5.12. The van der Waals surface area contributed by atoms with E-state index in [0.717, 1.165) is 12.1 Å². The molecule has 6 nitrogen and oxygen atoms in total. The third-order valence-corrected chi connectivity index (χ3v) is 2.53. The molecule has 0 aromatic heterocycles. The molecule has 0 saturated carbocycles. The van der Waals surface area contributed by atoms with Crippen LogP contribution in [-0.4, -0.2) is 23.5 Å². The van der Waals surface area contributed by atoms with Crippen LogP contribution in [-0.2, 0) is 15.7 Å². The molecular weight excluding hydrogens is 293 g/mol. The van der Waals surface area contributed by atoms with E-state index in [1.165, 1.54) is 6.92 Å². The van der Waals surface area contributed by atoms with Gasteiger partial charge >= 0.3 is 12.1 Å². The van der Waals surface area contributed by atoms with Gasteiger partial charge in [-0.25, -0.2) is 4.79 Å². The number of nitrogens with one attached hydrogen (secondary N) is 1. The third kappa shape index (κ3) is 4.33. The standard InChI is InChI=1S/C12H13F3N2O4/c1-3-21-11(18)7(2)16-10-5-4-8(17(19)20)6-9(10)12(13,14)15/h4-7,16H,3H2,1-2H3. The van der Waals surface area contributed by atoms with E-state index in [1.54, 1.807) is 6.92 Å². The molecule has 1 unspecified atom stereocenters. The normalized spacial score (nSPS) is 12.6. The lowest BCUT2D eigenvalue weighted by atomic mass is 10.1. The van der Waals surface area contributed by atoms with Crippen molar-refractivity contribution >= 4 is 17.3 Å². The minimum absolute atomic E-state index is 0.0945. The van der Waals surface area contributed by atoms with Crippen molar-refractivity contribution in [2.45, 2.75) is 26.1 Å². The first-order valence-corrected chi connectivity index (χ1v) is 5.95. The highest BCUT2D eigenvalue weighted by molar-refractivity contribution is 5.79. The SMILES string of the molecule is CCOC(=O)C(C)Nc1ccc([N+](=O)[O-])cc1C(F)(F)F. The lowest BCUT2D eigenvalue weighted by Crippen LogP contribution is -2.29. The molecule has 0 radical (unpaired) electrons. The van der Waals surface area contributed by atoms with Gasteiger partial charge in [-0.1, -0.05) is 0 Å². The number of carbonyl (C=O) groups excluding carboxylic acids is 1. The van der Waals surface area contributed by atoms with Crippen LogP contribution in [0.1, 0.15) is 19.4 Å². The number of nitro groups is 1. The molecule has 116 valence electrons. The number of benzene rings is 1. The molecule has 1 aromatic carbocycles. The van der Waals surface area contributed by atoms with Gasteiger partial charge in [-0.3, -0.25) is 10.1 Å². The summed E-state index contributed by atoms with van der Waals surface area (Å²) in [6.07, 6.45) is -4.79. The number of ether oxygens (including phenoxy) is 1. The summed E-state index contributed by atoms with van der Waals surface area (Å²) >= 11 is 0. The summed E-state index contributed by atoms with van der Waals surface area (Å²) in [5.41, 5.74) is -2.32. The zero-order valence-electron chi connectivity index (χ0n) is 11.2. The summed E-state index contributed by atoms with van der Waals surface area (Å²) < 4.78 is 43.4. The summed E-state index contributed by atoms with van der Waals surface area (Å²) in [5, 5.41) is 12.9. The van der Waals surface area contributed by atoms with Crippen LogP contribution < -0.4 is 5.32 Å². The maximum Gasteiger partial charge on any atom is 0.418 e. The summed E-state index contributed by atoms with van der Waals surface area (Å²) in [6, 6.07) is 1.24. The van der Waals surface area contributed by atoms with E-state index >= 15 is 0 Å². The van der Waals surface area contributed by atoms with Crippen molar-refractivity contribution in [1.82, 2.24) is 0 Å². The predicted octanol–water partition coefficient (Wildman–Crippen LogP) is 2.98. The van der Waals surface area contributed by atoms with Crippen molar-refractivity contribution in [3.63, 3.8) is 0 Å². The molecule has 21 heavy (non-hydrogen) atoms. The van der Waals surface area contributed by atoms with Crippen molar-refractivity contribution < 1.29 is 27.6 Å². The summed E-state index contributed by atoms with van der Waals surface area (Å²) in [5.74, 6) is -0.719. The Balaban J connectivity index is 3.12. The number of halogens is 3. The molecule has 0 aliphatic heterocycles. The molecule has 0 aliphatic rings. The average Bonchev–Trinajstić information content (AvgIpc) is 2.37. The number of nitrogens with zero attached hydrogens (tertiary/aromatic N) is 1. The number of hydrogen-bond acceptors (Lipinski definition) is 5. The van der Waals surface area contributed by atoms with E-state index in [4.69, 9.17) is 0 Å². The van der Waals surface area contributed by atoms with Gasteiger partial charge < -0.3 is 10.1 Å². The lowest BCUT2D eigenvalue weighted by Gasteiger charge is -2.18. The van der Waals surface area contributed by atoms with E-state index in [1.807, 2.05) is 0 Å². The Morgan fingerprint density at radius 1 is 1.48 bits per heavy atom. The summed E-state index contributed by atoms with van der Waals surface area (Å²) in [4.78, 5) is 21.0. The van der Waals surface area contributed by atoms with Gasteiger partial charge in [0.2, 0.25) is 0 Å². The van der Waals surface area contributed by atoms with Crippen LogP contribution >= 0.6 is 0 Å². The van der Waals surface area contributed by atoms with Crippen LogP contribution in [0.3, 0.4) is 0 Å². The Morgan fingerprint density at radius 3 is 2.57 bits per heavy atom. The Bertz CT molecular complexity index is 546. The predicted molar refractivity (Wildman–Crippen MR) is 67.8 cm³/mol. The van der Waals surface area contributed by atoms with Crippen LogP contribution in [0.15, 0.2) is 18.2 Å². The smallest absolute Gasteiger partial charge is 0.418 e. The molecule has 1 atom stereocenters. The van der Waals surface area contributed by atoms with Crippen LogP contribution in [0.4, 0.5) is 24.5 Å². The van der Waals surface area contributed by atoms with E-state index in [9.17, 15) is 28.1 Å². The zero-order valence-corrected chi connectivity index (χ0v) is 11.2. The number of nitro benzene ring substituents is 1. The van der Waals surface area contributed by atoms with Crippen molar-refractivity contribution in [1.29, 1.82) is 0 Å². The Labute approximate surface area is 118 Å². The highest BCUT2D eigenvalue weighted by atomic mass is 19.4. The first-order chi connectivity index (χ1) is 9.66. The Morgan fingerprint density at radius 2 is 2.10 bits per heavy atom. The number of anilines is 1. The molecule has 1 aromatic rings. The topological polar surface area (TPSA) is 81.5 Å². The second-order valence-electron chi connectivity index (χ2n) is 4.10. The van der Waals surface area contributed by atoms with Gasteiger partial charge in [0.1, 0.15) is 6.04 Å². The van der Waals surface area contributed by atoms with Crippen molar-refractivity contribution in [2.24, 2.45) is 0 Å². The zero-order chi connectivity index (χ0) is 16.2. The maximum atomic E-state index is 12.9. The highest BCUT2D eigenvalue weighted by Crippen LogP contribution is 2.37. The van der Waals surface area contributed by atoms with E-state index in [0.29, 0.717) is 6.07 Å². The minimum Gasteiger partial charge on any atom is -0.464 e. The quantitative estimate of drug-likeness (QED) is 0.514. The molecule has 0 spiro atoms. The molecule has 0 aliphatic carbocycles. The largest absolute Gasteiger partial charge is 0.464 e. The summed E-state index contributed by atoms with van der Waals surface area (Å²) in [6.45, 7) is 2.99. The van der Waals surface area contributed by atoms with E-state index < -0.39 is 40.0 Å². The Hall–Kier alpha value is -2.32. The van der Waals surface area contributed by atoms with Crippen molar-refractivity contribution in [2.75, 3.05) is 11.9 Å². The van der Waals surface area contributed by atoms with Gasteiger partial charge in [-0.05, 0) is 19.9 Å². The van der Waals surface area contributed by atoms with Gasteiger partial charge in [-0.15, -0.1) is 0 Å². The highest BCUT2D eigenvalue weighted by Gasteiger charge is 2.35. The van der Waals surface area contributed by atoms with E-state index in [-0.39, 0.29) is 6.61 Å². The van der Waals surface area contributed by atoms with Gasteiger partial charge in [0.25, 0.3) is 5.69 Å². The van der Waals surface area contributed by atoms with Gasteiger partial charge in [0, 0.05) is 17.8 Å². The molecule has 0 amide bonds. The maximum absolute atomic E-state index is 12.9. The fraction of sp³-hybridized carbons (Fsp3) is 0.417. The van der Waals surface area contributed by atoms with Gasteiger partial charge in [0.15, 0.2) is 0 Å². The molecule has 0 fully saturated rings. The molecule has 1 N–H and O–H groups in total. The molecule has 0 heterocycles. The van der Waals surface area contributed by atoms with Crippen LogP contribution in [0.25, 0.3) is 0 Å². The number of hydrogen-bond donors (Lipinski definition) is 1. The van der Waals surface area contributed by atoms with Crippen LogP contribution in [0, 0.1) is 10.1 Å². The van der Waals surface area contributed by atoms with Gasteiger partial charge in [-0.2, -0.15) is 13.2 Å². The van der Waals surface area contributed by atoms with E-state index in [2.05, 4.69) is 10.1 Å². The lowest BCUT2D eigenvalue weighted by molar-refractivity contribution is -0.385. The number of alkyl halides is 3. The number of esters is 1. The third-order valence-electron chi connectivity index (χ3n) is 2.53. The second kappa shape index (κ2) is 6.42. The summed E-state index contributed by atoms with van der Waals surface area (Å²) in [7, 11) is 0.